The van der Waals surface area contributed by atoms with Gasteiger partial charge in [-0.2, -0.15) is 0 Å². The fourth-order valence-corrected chi connectivity index (χ4v) is 8.82. The second kappa shape index (κ2) is 24.3. The summed E-state index contributed by atoms with van der Waals surface area (Å²) < 4.78 is 19.1. The number of ketones is 2. The SMILES string of the molecule is CCC(=O)CCCCC[C@H](NC(=O)C1CN(C)C1)c1nnc(-c2cc3ccccc3n(C)c2=O)o1.CCC(=O)CCCCC[C@H](NC(=O)C1CN(C)C1)c1nnc(-c2cc3ccccc3nc2OC)o1. The Hall–Kier alpha value is -6.66. The average Bonchev–Trinajstić information content (AvgIpc) is 4.05. The number of aromatic nitrogens is 6. The second-order valence-corrected chi connectivity index (χ2v) is 18.6. The van der Waals surface area contributed by atoms with Crippen LogP contribution in [0.3, 0.4) is 0 Å². The van der Waals surface area contributed by atoms with Crippen molar-refractivity contribution in [1.82, 2.24) is 50.4 Å². The molecule has 18 nitrogen and oxygen atoms in total. The molecule has 2 aromatic carbocycles. The molecule has 6 heterocycles. The number of carbonyl (C=O) groups is 4. The van der Waals surface area contributed by atoms with Gasteiger partial charge >= 0.3 is 0 Å². The van der Waals surface area contributed by atoms with Gasteiger partial charge < -0.3 is 38.6 Å². The molecule has 2 N–H and O–H groups in total. The monoisotopic (exact) mass is 959 g/mol. The second-order valence-electron chi connectivity index (χ2n) is 18.6. The van der Waals surface area contributed by atoms with Gasteiger partial charge in [0.15, 0.2) is 0 Å². The average molecular weight is 959 g/mol. The van der Waals surface area contributed by atoms with Crippen molar-refractivity contribution >= 4 is 45.2 Å². The highest BCUT2D eigenvalue weighted by atomic mass is 16.5. The Balaban J connectivity index is 0.000000206. The van der Waals surface area contributed by atoms with Crippen LogP contribution >= 0.6 is 0 Å². The number of likely N-dealkylation sites (tertiary alicyclic amines) is 2. The van der Waals surface area contributed by atoms with Crippen molar-refractivity contribution in [3.8, 4) is 28.8 Å². The third-order valence-corrected chi connectivity index (χ3v) is 13.1. The number of nitrogens with one attached hydrogen (secondary N) is 2. The molecule has 0 aliphatic carbocycles. The molecule has 2 saturated heterocycles. The first-order valence-electron chi connectivity index (χ1n) is 24.6. The number of pyridine rings is 2. The summed E-state index contributed by atoms with van der Waals surface area (Å²) in [7, 11) is 7.24. The number of hydrogen-bond acceptors (Lipinski definition) is 15. The zero-order valence-electron chi connectivity index (χ0n) is 41.2. The number of methoxy groups -OCH3 is 1. The van der Waals surface area contributed by atoms with Gasteiger partial charge in [-0.1, -0.05) is 75.9 Å². The molecule has 0 spiro atoms. The standard InChI is InChI=1S/2C26H33N5O4/c1-4-19(32)11-6-5-7-13-22(27-23(33)18-15-31(2)16-18)26-30-29-25(35-26)20-14-17-10-8-9-12-21(17)28-24(20)34-3;1-4-19(32)11-6-5-7-12-21(27-23(33)18-15-30(2)16-18)25-29-28-24(35-25)20-14-17-10-8-9-13-22(17)31(3)26(20)34/h8-10,12,14,18,22H,4-7,11,13,15-16H2,1-3H3,(H,27,33);8-10,13-14,18,21H,4-7,11-12,15-16H2,1-3H3,(H,27,33)/t22-;21-/m00/s1. The summed E-state index contributed by atoms with van der Waals surface area (Å²) >= 11 is 0. The molecule has 4 aromatic heterocycles. The molecule has 0 saturated carbocycles. The van der Waals surface area contributed by atoms with Gasteiger partial charge in [0, 0.05) is 64.3 Å². The topological polar surface area (TPSA) is 221 Å². The molecule has 2 fully saturated rings. The molecule has 0 radical (unpaired) electrons. The zero-order valence-corrected chi connectivity index (χ0v) is 41.2. The van der Waals surface area contributed by atoms with Gasteiger partial charge in [-0.3, -0.25) is 24.0 Å². The summed E-state index contributed by atoms with van der Waals surface area (Å²) in [4.78, 5) is 70.4. The van der Waals surface area contributed by atoms with Crippen LogP contribution in [-0.4, -0.2) is 111 Å². The first kappa shape index (κ1) is 51.2. The fraction of sp³-hybridized carbons (Fsp3) is 0.500. The predicted octanol–water partition coefficient (Wildman–Crippen LogP) is 7.18. The van der Waals surface area contributed by atoms with E-state index in [-0.39, 0.29) is 46.7 Å². The minimum atomic E-state index is -0.444. The summed E-state index contributed by atoms with van der Waals surface area (Å²) in [5, 5.41) is 24.9. The highest BCUT2D eigenvalue weighted by Crippen LogP contribution is 2.33. The van der Waals surface area contributed by atoms with Gasteiger partial charge in [0.05, 0.1) is 30.0 Å². The van der Waals surface area contributed by atoms with E-state index in [4.69, 9.17) is 13.6 Å². The Morgan fingerprint density at radius 3 is 1.66 bits per heavy atom. The highest BCUT2D eigenvalue weighted by Gasteiger charge is 2.34. The van der Waals surface area contributed by atoms with Crippen molar-refractivity contribution in [2.45, 2.75) is 103 Å². The number of amides is 2. The van der Waals surface area contributed by atoms with Crippen LogP contribution in [0.2, 0.25) is 0 Å². The third kappa shape index (κ3) is 12.9. The van der Waals surface area contributed by atoms with E-state index >= 15 is 0 Å². The van der Waals surface area contributed by atoms with Crippen LogP contribution < -0.4 is 20.9 Å². The van der Waals surface area contributed by atoms with E-state index in [1.54, 1.807) is 24.8 Å². The third-order valence-electron chi connectivity index (χ3n) is 13.1. The summed E-state index contributed by atoms with van der Waals surface area (Å²) in [5.74, 6) is 1.92. The number of ether oxygens (including phenoxy) is 1. The van der Waals surface area contributed by atoms with E-state index in [9.17, 15) is 24.0 Å². The maximum Gasteiger partial charge on any atom is 0.263 e. The Bertz CT molecular complexity index is 2810. The van der Waals surface area contributed by atoms with Crippen LogP contribution in [0, 0.1) is 11.8 Å². The molecular formula is C52H66N10O8. The Morgan fingerprint density at radius 1 is 0.657 bits per heavy atom. The molecule has 2 aliphatic heterocycles. The van der Waals surface area contributed by atoms with E-state index in [1.165, 1.54) is 0 Å². The van der Waals surface area contributed by atoms with E-state index < -0.39 is 12.1 Å². The quantitative estimate of drug-likeness (QED) is 0.0608. The maximum atomic E-state index is 13.0. The Labute approximate surface area is 408 Å². The zero-order chi connectivity index (χ0) is 49.7. The number of nitrogens with zero attached hydrogens (tertiary/aromatic N) is 8. The minimum absolute atomic E-state index is 0.000960. The molecule has 70 heavy (non-hydrogen) atoms. The van der Waals surface area contributed by atoms with Gasteiger partial charge in [-0.05, 0) is 69.4 Å². The van der Waals surface area contributed by atoms with Crippen molar-refractivity contribution in [2.24, 2.45) is 18.9 Å². The van der Waals surface area contributed by atoms with Gasteiger partial charge in [-0.25, -0.2) is 4.98 Å². The first-order valence-corrected chi connectivity index (χ1v) is 24.6. The number of para-hydroxylation sites is 2. The van der Waals surface area contributed by atoms with E-state index in [2.05, 4.69) is 45.8 Å². The molecule has 2 amide bonds. The number of benzene rings is 2. The molecule has 6 aromatic rings. The lowest BCUT2D eigenvalue weighted by Gasteiger charge is -2.35. The van der Waals surface area contributed by atoms with Crippen LogP contribution in [0.1, 0.15) is 115 Å². The van der Waals surface area contributed by atoms with Crippen molar-refractivity contribution < 1.29 is 32.7 Å². The summed E-state index contributed by atoms with van der Waals surface area (Å²) in [6, 6.07) is 18.2. The highest BCUT2D eigenvalue weighted by molar-refractivity contribution is 5.85. The summed E-state index contributed by atoms with van der Waals surface area (Å²) in [5.41, 5.74) is 2.34. The number of Topliss-reactive ketones (excluding diaryl/α,β-unsaturated/α-hetero) is 2. The maximum absolute atomic E-state index is 13.0. The minimum Gasteiger partial charge on any atom is -0.480 e. The number of carbonyl (C=O) groups excluding carboxylic acids is 4. The molecule has 2 atom stereocenters. The van der Waals surface area contributed by atoms with Crippen molar-refractivity contribution in [3.05, 3.63) is 82.8 Å². The van der Waals surface area contributed by atoms with E-state index in [0.717, 1.165) is 86.5 Å². The van der Waals surface area contributed by atoms with Crippen LogP contribution in [-0.2, 0) is 26.2 Å². The van der Waals surface area contributed by atoms with Crippen molar-refractivity contribution in [2.75, 3.05) is 47.4 Å². The van der Waals surface area contributed by atoms with Crippen molar-refractivity contribution in [3.63, 3.8) is 0 Å². The number of rotatable bonds is 23. The fourth-order valence-electron chi connectivity index (χ4n) is 8.82. The van der Waals surface area contributed by atoms with Gasteiger partial charge in [0.1, 0.15) is 34.8 Å². The summed E-state index contributed by atoms with van der Waals surface area (Å²) in [6.07, 6.45) is 8.67. The largest absolute Gasteiger partial charge is 0.480 e. The molecule has 18 heteroatoms. The smallest absolute Gasteiger partial charge is 0.263 e. The van der Waals surface area contributed by atoms with Crippen LogP contribution in [0.25, 0.3) is 44.7 Å². The predicted molar refractivity (Wildman–Crippen MR) is 265 cm³/mol. The molecule has 0 unspecified atom stereocenters. The van der Waals surface area contributed by atoms with Crippen molar-refractivity contribution in [1.29, 1.82) is 0 Å². The Kier molecular flexibility index (Phi) is 17.7. The van der Waals surface area contributed by atoms with E-state index in [0.29, 0.717) is 73.2 Å². The molecule has 372 valence electrons. The molecule has 0 bridgehead atoms. The van der Waals surface area contributed by atoms with E-state index in [1.807, 2.05) is 82.5 Å². The molecular weight excluding hydrogens is 893 g/mol. The van der Waals surface area contributed by atoms with Gasteiger partial charge in [0.25, 0.3) is 17.3 Å². The van der Waals surface area contributed by atoms with Crippen LogP contribution in [0.15, 0.2) is 74.3 Å². The number of fused-ring (bicyclic) bond motifs is 2. The number of unbranched alkanes of at least 4 members (excludes halogenated alkanes) is 4. The summed E-state index contributed by atoms with van der Waals surface area (Å²) in [6.45, 7) is 6.69. The number of hydrogen-bond donors (Lipinski definition) is 2. The Morgan fingerprint density at radius 2 is 1.14 bits per heavy atom. The normalized spacial score (nSPS) is 15.1. The van der Waals surface area contributed by atoms with Crippen LogP contribution in [0.5, 0.6) is 5.88 Å². The van der Waals surface area contributed by atoms with Gasteiger partial charge in [0.2, 0.25) is 29.5 Å². The lowest BCUT2D eigenvalue weighted by Crippen LogP contribution is -2.52. The van der Waals surface area contributed by atoms with Gasteiger partial charge in [-0.15, -0.1) is 20.4 Å². The lowest BCUT2D eigenvalue weighted by molar-refractivity contribution is -0.131. The molecule has 8 rings (SSSR count). The lowest BCUT2D eigenvalue weighted by atomic mass is 9.99. The first-order chi connectivity index (χ1) is 33.8. The van der Waals surface area contributed by atoms with Crippen LogP contribution in [0.4, 0.5) is 0 Å². The molecule has 2 aliphatic rings. The number of aryl methyl sites for hydroxylation is 1.